The molecular formula is C19H14ClNO3. The van der Waals surface area contributed by atoms with Gasteiger partial charge in [0.1, 0.15) is 11.3 Å². The number of carbonyl (C=O) groups excluding carboxylic acids is 1. The first-order valence-electron chi connectivity index (χ1n) is 7.31. The minimum Gasteiger partial charge on any atom is -0.455 e. The first-order valence-corrected chi connectivity index (χ1v) is 7.69. The molecule has 3 aromatic rings. The van der Waals surface area contributed by atoms with Crippen molar-refractivity contribution in [1.29, 1.82) is 0 Å². The van der Waals surface area contributed by atoms with Crippen molar-refractivity contribution in [3.05, 3.63) is 81.5 Å². The standard InChI is InChI=1S/C19H14ClNO3/c1-21-19(23)17-15(22)11-16(12-7-9-14(20)10-8-12)24-18(17)13-5-3-2-4-6-13/h2-11H,1H3,(H,21,23). The van der Waals surface area contributed by atoms with Gasteiger partial charge in [0.2, 0.25) is 0 Å². The molecule has 0 fully saturated rings. The zero-order valence-corrected chi connectivity index (χ0v) is 13.6. The van der Waals surface area contributed by atoms with Gasteiger partial charge in [-0.25, -0.2) is 0 Å². The van der Waals surface area contributed by atoms with Crippen molar-refractivity contribution in [1.82, 2.24) is 5.32 Å². The second-order valence-corrected chi connectivity index (χ2v) is 5.57. The van der Waals surface area contributed by atoms with Crippen molar-refractivity contribution in [3.63, 3.8) is 0 Å². The number of rotatable bonds is 3. The summed E-state index contributed by atoms with van der Waals surface area (Å²) in [6, 6.07) is 17.3. The molecule has 1 heterocycles. The smallest absolute Gasteiger partial charge is 0.258 e. The lowest BCUT2D eigenvalue weighted by Crippen LogP contribution is -2.26. The minimum absolute atomic E-state index is 0.0126. The maximum absolute atomic E-state index is 12.5. The normalized spacial score (nSPS) is 10.4. The van der Waals surface area contributed by atoms with Crippen LogP contribution in [0.5, 0.6) is 0 Å². The lowest BCUT2D eigenvalue weighted by molar-refractivity contribution is 0.0961. The number of nitrogens with one attached hydrogen (secondary N) is 1. The van der Waals surface area contributed by atoms with Crippen molar-refractivity contribution >= 4 is 17.5 Å². The van der Waals surface area contributed by atoms with Crippen molar-refractivity contribution in [3.8, 4) is 22.6 Å². The van der Waals surface area contributed by atoms with Crippen LogP contribution in [0.1, 0.15) is 10.4 Å². The third-order valence-electron chi connectivity index (χ3n) is 3.57. The number of carbonyl (C=O) groups is 1. The van der Waals surface area contributed by atoms with Gasteiger partial charge in [-0.2, -0.15) is 0 Å². The van der Waals surface area contributed by atoms with Crippen molar-refractivity contribution in [2.45, 2.75) is 0 Å². The summed E-state index contributed by atoms with van der Waals surface area (Å²) < 4.78 is 5.92. The predicted octanol–water partition coefficient (Wildman–Crippen LogP) is 3.99. The van der Waals surface area contributed by atoms with Gasteiger partial charge in [-0.05, 0) is 24.3 Å². The molecule has 0 aliphatic carbocycles. The Balaban J connectivity index is 2.25. The first-order chi connectivity index (χ1) is 11.6. The Labute approximate surface area is 143 Å². The van der Waals surface area contributed by atoms with Crippen LogP contribution in [0.2, 0.25) is 5.02 Å². The van der Waals surface area contributed by atoms with E-state index in [1.807, 2.05) is 18.2 Å². The molecule has 5 heteroatoms. The highest BCUT2D eigenvalue weighted by atomic mass is 35.5. The van der Waals surface area contributed by atoms with E-state index >= 15 is 0 Å². The molecule has 0 unspecified atom stereocenters. The molecule has 0 bridgehead atoms. The Bertz CT molecular complexity index is 931. The van der Waals surface area contributed by atoms with E-state index in [-0.39, 0.29) is 11.3 Å². The maximum atomic E-state index is 12.5. The molecule has 0 aliphatic rings. The van der Waals surface area contributed by atoms with E-state index in [4.69, 9.17) is 16.0 Å². The van der Waals surface area contributed by atoms with Gasteiger partial charge in [0.15, 0.2) is 11.2 Å². The molecule has 1 amide bonds. The second kappa shape index (κ2) is 6.72. The van der Waals surface area contributed by atoms with E-state index in [1.165, 1.54) is 13.1 Å². The Kier molecular flexibility index (Phi) is 4.49. The Morgan fingerprint density at radius 3 is 2.29 bits per heavy atom. The Morgan fingerprint density at radius 2 is 1.67 bits per heavy atom. The summed E-state index contributed by atoms with van der Waals surface area (Å²) in [6.45, 7) is 0. The fourth-order valence-corrected chi connectivity index (χ4v) is 2.51. The van der Waals surface area contributed by atoms with Gasteiger partial charge < -0.3 is 9.73 Å². The van der Waals surface area contributed by atoms with E-state index < -0.39 is 11.3 Å². The molecule has 24 heavy (non-hydrogen) atoms. The van der Waals surface area contributed by atoms with Crippen LogP contribution in [0.4, 0.5) is 0 Å². The summed E-state index contributed by atoms with van der Waals surface area (Å²) >= 11 is 5.90. The van der Waals surface area contributed by atoms with Crippen LogP contribution in [-0.4, -0.2) is 13.0 Å². The summed E-state index contributed by atoms with van der Waals surface area (Å²) in [4.78, 5) is 24.7. The SMILES string of the molecule is CNC(=O)c1c(-c2ccccc2)oc(-c2ccc(Cl)cc2)cc1=O. The van der Waals surface area contributed by atoms with Gasteiger partial charge in [0.25, 0.3) is 5.91 Å². The molecule has 0 radical (unpaired) electrons. The quantitative estimate of drug-likeness (QED) is 0.785. The van der Waals surface area contributed by atoms with E-state index in [2.05, 4.69) is 5.32 Å². The first kappa shape index (κ1) is 16.0. The molecular weight excluding hydrogens is 326 g/mol. The van der Waals surface area contributed by atoms with Gasteiger partial charge >= 0.3 is 0 Å². The van der Waals surface area contributed by atoms with Crippen LogP contribution < -0.4 is 10.7 Å². The van der Waals surface area contributed by atoms with Crippen LogP contribution in [0.3, 0.4) is 0 Å². The molecule has 0 spiro atoms. The summed E-state index contributed by atoms with van der Waals surface area (Å²) in [5.41, 5.74) is 0.951. The highest BCUT2D eigenvalue weighted by molar-refractivity contribution is 6.30. The lowest BCUT2D eigenvalue weighted by atomic mass is 10.0. The molecule has 0 aliphatic heterocycles. The largest absolute Gasteiger partial charge is 0.455 e. The summed E-state index contributed by atoms with van der Waals surface area (Å²) in [5.74, 6) is 0.140. The molecule has 2 aromatic carbocycles. The minimum atomic E-state index is -0.481. The van der Waals surface area contributed by atoms with Crippen LogP contribution in [0, 0.1) is 0 Å². The Morgan fingerprint density at radius 1 is 1.00 bits per heavy atom. The van der Waals surface area contributed by atoms with Crippen molar-refractivity contribution in [2.24, 2.45) is 0 Å². The number of halogens is 1. The van der Waals surface area contributed by atoms with Crippen molar-refractivity contribution in [2.75, 3.05) is 7.05 Å². The van der Waals surface area contributed by atoms with Crippen molar-refractivity contribution < 1.29 is 9.21 Å². The second-order valence-electron chi connectivity index (χ2n) is 5.13. The number of amides is 1. The van der Waals surface area contributed by atoms with Crippen LogP contribution in [-0.2, 0) is 0 Å². The molecule has 0 saturated carbocycles. The number of hydrogen-bond acceptors (Lipinski definition) is 3. The molecule has 3 rings (SSSR count). The van der Waals surface area contributed by atoms with Gasteiger partial charge in [0, 0.05) is 29.3 Å². The molecule has 0 saturated heterocycles. The fraction of sp³-hybridized carbons (Fsp3) is 0.0526. The van der Waals surface area contributed by atoms with Crippen LogP contribution in [0.25, 0.3) is 22.6 Å². The summed E-state index contributed by atoms with van der Waals surface area (Å²) in [7, 11) is 1.48. The van der Waals surface area contributed by atoms with Gasteiger partial charge in [-0.1, -0.05) is 41.9 Å². The topological polar surface area (TPSA) is 59.3 Å². The fourth-order valence-electron chi connectivity index (χ4n) is 2.38. The average molecular weight is 340 g/mol. The monoisotopic (exact) mass is 339 g/mol. The molecule has 1 N–H and O–H groups in total. The highest BCUT2D eigenvalue weighted by Gasteiger charge is 2.20. The predicted molar refractivity (Wildman–Crippen MR) is 94.3 cm³/mol. The molecule has 0 atom stereocenters. The summed E-state index contributed by atoms with van der Waals surface area (Å²) in [5, 5.41) is 3.07. The maximum Gasteiger partial charge on any atom is 0.258 e. The number of hydrogen-bond donors (Lipinski definition) is 1. The third-order valence-corrected chi connectivity index (χ3v) is 3.82. The van der Waals surface area contributed by atoms with Crippen LogP contribution >= 0.6 is 11.6 Å². The van der Waals surface area contributed by atoms with E-state index in [9.17, 15) is 9.59 Å². The average Bonchev–Trinajstić information content (AvgIpc) is 2.62. The Hall–Kier alpha value is -2.85. The van der Waals surface area contributed by atoms with Crippen LogP contribution in [0.15, 0.2) is 69.9 Å². The zero-order valence-electron chi connectivity index (χ0n) is 12.9. The third kappa shape index (κ3) is 3.09. The van der Waals surface area contributed by atoms with E-state index in [1.54, 1.807) is 36.4 Å². The van der Waals surface area contributed by atoms with E-state index in [0.717, 1.165) is 0 Å². The number of benzene rings is 2. The molecule has 4 nitrogen and oxygen atoms in total. The summed E-state index contributed by atoms with van der Waals surface area (Å²) in [6.07, 6.45) is 0. The molecule has 120 valence electrons. The van der Waals surface area contributed by atoms with E-state index in [0.29, 0.717) is 21.9 Å². The van der Waals surface area contributed by atoms with Gasteiger partial charge in [0.05, 0.1) is 0 Å². The molecule has 1 aromatic heterocycles. The highest BCUT2D eigenvalue weighted by Crippen LogP contribution is 2.28. The van der Waals surface area contributed by atoms with Gasteiger partial charge in [-0.15, -0.1) is 0 Å². The van der Waals surface area contributed by atoms with Gasteiger partial charge in [-0.3, -0.25) is 9.59 Å². The zero-order chi connectivity index (χ0) is 17.1. The lowest BCUT2D eigenvalue weighted by Gasteiger charge is -2.10.